The Morgan fingerprint density at radius 3 is 2.26 bits per heavy atom. The molecule has 0 bridgehead atoms. The van der Waals surface area contributed by atoms with Crippen LogP contribution in [-0.2, 0) is 7.05 Å². The second-order valence-corrected chi connectivity index (χ2v) is 7.74. The molecule has 3 aromatic rings. The fraction of sp³-hybridized carbons (Fsp3) is 0.292. The van der Waals surface area contributed by atoms with E-state index >= 15 is 0 Å². The maximum Gasteiger partial charge on any atom is 0.293 e. The van der Waals surface area contributed by atoms with Gasteiger partial charge in [0.05, 0.1) is 30.1 Å². The number of rotatable bonds is 4. The zero-order chi connectivity index (χ0) is 22.0. The Morgan fingerprint density at radius 2 is 1.68 bits per heavy atom. The van der Waals surface area contributed by atoms with Gasteiger partial charge in [-0.1, -0.05) is 12.1 Å². The normalized spacial score (nSPS) is 14.3. The topological polar surface area (TPSA) is 97.2 Å². The quantitative estimate of drug-likeness (QED) is 0.704. The van der Waals surface area contributed by atoms with E-state index < -0.39 is 0 Å². The first-order chi connectivity index (χ1) is 15.0. The number of methoxy groups -OCH3 is 1. The fourth-order valence-corrected chi connectivity index (χ4v) is 3.92. The molecule has 0 amide bonds. The third kappa shape index (κ3) is 4.03. The molecule has 2 heterocycles. The van der Waals surface area contributed by atoms with Crippen LogP contribution < -0.4 is 20.9 Å². The summed E-state index contributed by atoms with van der Waals surface area (Å²) in [7, 11) is 3.39. The molecular weight excluding hydrogens is 390 g/mol. The van der Waals surface area contributed by atoms with Gasteiger partial charge in [-0.25, -0.2) is 4.98 Å². The van der Waals surface area contributed by atoms with Gasteiger partial charge in [0.25, 0.3) is 5.56 Å². The van der Waals surface area contributed by atoms with Gasteiger partial charge in [0, 0.05) is 37.3 Å². The average Bonchev–Trinajstić information content (AvgIpc) is 2.81. The van der Waals surface area contributed by atoms with E-state index in [0.29, 0.717) is 30.2 Å². The second kappa shape index (κ2) is 8.62. The van der Waals surface area contributed by atoms with Gasteiger partial charge in [-0.05, 0) is 49.2 Å². The highest BCUT2D eigenvalue weighted by Crippen LogP contribution is 2.32. The lowest BCUT2D eigenvalue weighted by atomic mass is 10.0. The lowest BCUT2D eigenvalue weighted by Crippen LogP contribution is -2.43. The smallest absolute Gasteiger partial charge is 0.293 e. The molecule has 7 heteroatoms. The molecule has 0 unspecified atom stereocenters. The molecule has 2 N–H and O–H groups in total. The molecule has 1 saturated heterocycles. The van der Waals surface area contributed by atoms with E-state index in [0.717, 1.165) is 35.4 Å². The van der Waals surface area contributed by atoms with Gasteiger partial charge in [0.2, 0.25) is 0 Å². The Labute approximate surface area is 181 Å². The van der Waals surface area contributed by atoms with Gasteiger partial charge >= 0.3 is 0 Å². The van der Waals surface area contributed by atoms with Crippen LogP contribution in [-0.4, -0.2) is 35.8 Å². The lowest BCUT2D eigenvalue weighted by Gasteiger charge is -2.31. The number of ether oxygens (including phenoxy) is 1. The Hall–Kier alpha value is -3.63. The van der Waals surface area contributed by atoms with E-state index in [1.54, 1.807) is 30.9 Å². The summed E-state index contributed by atoms with van der Waals surface area (Å²) in [4.78, 5) is 20.2. The summed E-state index contributed by atoms with van der Waals surface area (Å²) in [5.41, 5.74) is 9.60. The molecule has 158 valence electrons. The molecule has 0 atom stereocenters. The molecule has 1 aromatic heterocycles. The van der Waals surface area contributed by atoms with Crippen molar-refractivity contribution in [2.45, 2.75) is 18.9 Å². The minimum Gasteiger partial charge on any atom is -0.497 e. The van der Waals surface area contributed by atoms with Gasteiger partial charge in [0.15, 0.2) is 5.82 Å². The van der Waals surface area contributed by atoms with E-state index in [2.05, 4.69) is 6.07 Å². The molecule has 0 aliphatic carbocycles. The number of hydrogen-bond donors (Lipinski definition) is 1. The van der Waals surface area contributed by atoms with Crippen molar-refractivity contribution in [2.24, 2.45) is 12.8 Å². The number of nitrogens with zero attached hydrogens (tertiary/aromatic N) is 4. The first-order valence-electron chi connectivity index (χ1n) is 10.3. The Bertz CT molecular complexity index is 1170. The molecule has 7 nitrogen and oxygen atoms in total. The van der Waals surface area contributed by atoms with Crippen LogP contribution >= 0.6 is 0 Å². The number of hydrogen-bond acceptors (Lipinski definition) is 6. The lowest BCUT2D eigenvalue weighted by molar-refractivity contribution is 0.415. The molecule has 2 aromatic carbocycles. The van der Waals surface area contributed by atoms with Crippen molar-refractivity contribution in [1.82, 2.24) is 9.55 Å². The number of benzene rings is 2. The third-order valence-electron chi connectivity index (χ3n) is 5.76. The minimum absolute atomic E-state index is 0.140. The van der Waals surface area contributed by atoms with Crippen molar-refractivity contribution in [2.75, 3.05) is 25.1 Å². The van der Waals surface area contributed by atoms with Crippen molar-refractivity contribution in [3.8, 4) is 34.3 Å². The first kappa shape index (κ1) is 20.6. The van der Waals surface area contributed by atoms with Crippen LogP contribution in [0.3, 0.4) is 0 Å². The van der Waals surface area contributed by atoms with Crippen molar-refractivity contribution < 1.29 is 4.74 Å². The molecule has 1 aliphatic rings. The van der Waals surface area contributed by atoms with Gasteiger partial charge in [-0.3, -0.25) is 4.79 Å². The number of aromatic nitrogens is 2. The molecule has 1 fully saturated rings. The summed E-state index contributed by atoms with van der Waals surface area (Å²) in [6.07, 6.45) is 1.66. The summed E-state index contributed by atoms with van der Waals surface area (Å²) in [5.74, 6) is 1.17. The van der Waals surface area contributed by atoms with Crippen LogP contribution in [0.1, 0.15) is 18.4 Å². The van der Waals surface area contributed by atoms with Crippen molar-refractivity contribution in [3.63, 3.8) is 0 Å². The zero-order valence-corrected chi connectivity index (χ0v) is 17.7. The summed E-state index contributed by atoms with van der Waals surface area (Å²) in [6.45, 7) is 1.41. The van der Waals surface area contributed by atoms with Crippen molar-refractivity contribution in [3.05, 3.63) is 64.4 Å². The zero-order valence-electron chi connectivity index (χ0n) is 17.7. The van der Waals surface area contributed by atoms with Crippen LogP contribution in [0.5, 0.6) is 5.75 Å². The van der Waals surface area contributed by atoms with Crippen molar-refractivity contribution in [1.29, 1.82) is 5.26 Å². The van der Waals surface area contributed by atoms with Gasteiger partial charge in [-0.2, -0.15) is 5.26 Å². The predicted molar refractivity (Wildman–Crippen MR) is 121 cm³/mol. The Kier molecular flexibility index (Phi) is 5.74. The van der Waals surface area contributed by atoms with E-state index in [-0.39, 0.29) is 11.6 Å². The number of nitriles is 1. The highest BCUT2D eigenvalue weighted by Gasteiger charge is 2.24. The molecule has 0 saturated carbocycles. The summed E-state index contributed by atoms with van der Waals surface area (Å²) < 4.78 is 6.93. The van der Waals surface area contributed by atoms with Crippen LogP contribution in [0.25, 0.3) is 22.5 Å². The maximum atomic E-state index is 13.3. The monoisotopic (exact) mass is 415 g/mol. The summed E-state index contributed by atoms with van der Waals surface area (Å²) in [5, 5.41) is 9.16. The number of nitrogens with two attached hydrogens (primary N) is 1. The van der Waals surface area contributed by atoms with Crippen LogP contribution in [0.2, 0.25) is 0 Å². The Morgan fingerprint density at radius 1 is 1.06 bits per heavy atom. The van der Waals surface area contributed by atoms with Gasteiger partial charge in [-0.15, -0.1) is 0 Å². The van der Waals surface area contributed by atoms with E-state index in [9.17, 15) is 4.79 Å². The summed E-state index contributed by atoms with van der Waals surface area (Å²) >= 11 is 0. The number of piperidine rings is 1. The van der Waals surface area contributed by atoms with Gasteiger partial charge in [0.1, 0.15) is 5.75 Å². The number of anilines is 1. The van der Waals surface area contributed by atoms with E-state index in [1.807, 2.05) is 41.3 Å². The average molecular weight is 415 g/mol. The summed E-state index contributed by atoms with van der Waals surface area (Å²) in [6, 6.07) is 17.1. The predicted octanol–water partition coefficient (Wildman–Crippen LogP) is 2.92. The Balaban J connectivity index is 1.90. The highest BCUT2D eigenvalue weighted by atomic mass is 16.5. The minimum atomic E-state index is -0.140. The van der Waals surface area contributed by atoms with Crippen LogP contribution in [0.15, 0.2) is 53.3 Å². The fourth-order valence-electron chi connectivity index (χ4n) is 3.92. The second-order valence-electron chi connectivity index (χ2n) is 7.74. The van der Waals surface area contributed by atoms with E-state index in [1.165, 1.54) is 0 Å². The van der Waals surface area contributed by atoms with Crippen molar-refractivity contribution >= 4 is 5.82 Å². The first-order valence-corrected chi connectivity index (χ1v) is 10.3. The molecule has 0 radical (unpaired) electrons. The van der Waals surface area contributed by atoms with Crippen LogP contribution in [0.4, 0.5) is 5.82 Å². The van der Waals surface area contributed by atoms with Crippen LogP contribution in [0, 0.1) is 11.3 Å². The molecule has 4 rings (SSSR count). The van der Waals surface area contributed by atoms with Gasteiger partial charge < -0.3 is 19.9 Å². The standard InChI is InChI=1S/C24H25N5O2/c1-28-22(18-7-9-20(31-2)10-8-18)21(17-5-3-16(15-25)4-6-17)27-23(24(28)30)29-13-11-19(26)12-14-29/h3-10,19H,11-14,26H2,1-2H3. The SMILES string of the molecule is COc1ccc(-c2c(-c3ccc(C#N)cc3)nc(N3CCC(N)CC3)c(=O)n2C)cc1. The third-order valence-corrected chi connectivity index (χ3v) is 5.76. The van der Waals surface area contributed by atoms with E-state index in [4.69, 9.17) is 20.7 Å². The molecular formula is C24H25N5O2. The maximum absolute atomic E-state index is 13.3. The molecule has 1 aliphatic heterocycles. The largest absolute Gasteiger partial charge is 0.497 e. The highest BCUT2D eigenvalue weighted by molar-refractivity contribution is 5.79. The molecule has 0 spiro atoms. The molecule has 31 heavy (non-hydrogen) atoms.